The average Bonchev–Trinajstić information content (AvgIpc) is 3.19. The number of hydrogen-bond acceptors (Lipinski definition) is 7. The highest BCUT2D eigenvalue weighted by atomic mass is 16.4. The Bertz CT molecular complexity index is 642. The number of nitrogens with zero attached hydrogens (tertiary/aromatic N) is 1. The fourth-order valence-corrected chi connectivity index (χ4v) is 3.16. The van der Waals surface area contributed by atoms with Gasteiger partial charge in [0.05, 0.1) is 12.6 Å². The summed E-state index contributed by atoms with van der Waals surface area (Å²) >= 11 is 0. The largest absolute Gasteiger partial charge is 0.481 e. The number of carboxylic acids is 2. The minimum Gasteiger partial charge on any atom is -0.481 e. The summed E-state index contributed by atoms with van der Waals surface area (Å²) in [6, 6.07) is -2.96. The molecule has 3 unspecified atom stereocenters. The van der Waals surface area contributed by atoms with Crippen LogP contribution in [0.5, 0.6) is 0 Å². The topological polar surface area (TPSA) is 205 Å². The number of nitrogens with one attached hydrogen (secondary N) is 2. The standard InChI is InChI=1S/C18H31N5O7/c19-8-2-1-4-12(22-16(27)11(20)6-7-15(25)26)17(28)21-10-14(24)23-9-3-5-13(23)18(29)30/h11-13H,1-10,19-20H2,(H,21,28)(H,22,27)(H,25,26)(H,29,30). The lowest BCUT2D eigenvalue weighted by atomic mass is 10.1. The molecular formula is C18H31N5O7. The predicted octanol–water partition coefficient (Wildman–Crippen LogP) is -2.02. The summed E-state index contributed by atoms with van der Waals surface area (Å²) < 4.78 is 0. The van der Waals surface area contributed by atoms with E-state index in [1.54, 1.807) is 0 Å². The van der Waals surface area contributed by atoms with Crippen LogP contribution in [0.15, 0.2) is 0 Å². The molecule has 0 saturated carbocycles. The fraction of sp³-hybridized carbons (Fsp3) is 0.722. The molecule has 3 atom stereocenters. The summed E-state index contributed by atoms with van der Waals surface area (Å²) in [5.74, 6) is -3.96. The number of carboxylic acid groups (broad SMARTS) is 2. The highest BCUT2D eigenvalue weighted by Gasteiger charge is 2.34. The molecule has 8 N–H and O–H groups in total. The summed E-state index contributed by atoms with van der Waals surface area (Å²) in [6.07, 6.45) is 1.99. The molecule has 1 aliphatic heterocycles. The predicted molar refractivity (Wildman–Crippen MR) is 105 cm³/mol. The van der Waals surface area contributed by atoms with Crippen molar-refractivity contribution in [2.75, 3.05) is 19.6 Å². The Labute approximate surface area is 174 Å². The Hall–Kier alpha value is -2.73. The van der Waals surface area contributed by atoms with Gasteiger partial charge in [-0.15, -0.1) is 0 Å². The van der Waals surface area contributed by atoms with Gasteiger partial charge in [0.15, 0.2) is 0 Å². The van der Waals surface area contributed by atoms with E-state index in [4.69, 9.17) is 21.7 Å². The van der Waals surface area contributed by atoms with Gasteiger partial charge in [0.1, 0.15) is 12.1 Å². The summed E-state index contributed by atoms with van der Waals surface area (Å²) in [7, 11) is 0. The van der Waals surface area contributed by atoms with E-state index in [-0.39, 0.29) is 19.3 Å². The molecule has 12 heteroatoms. The van der Waals surface area contributed by atoms with E-state index in [2.05, 4.69) is 10.6 Å². The maximum absolute atomic E-state index is 12.5. The molecule has 12 nitrogen and oxygen atoms in total. The molecule has 0 aromatic rings. The SMILES string of the molecule is NCCCCC(NC(=O)C(N)CCC(=O)O)C(=O)NCC(=O)N1CCCC1C(=O)O. The van der Waals surface area contributed by atoms with Gasteiger partial charge in [0.25, 0.3) is 0 Å². The molecule has 0 aromatic heterocycles. The van der Waals surface area contributed by atoms with Gasteiger partial charge in [-0.1, -0.05) is 0 Å². The zero-order valence-electron chi connectivity index (χ0n) is 16.8. The second-order valence-electron chi connectivity index (χ2n) is 7.19. The van der Waals surface area contributed by atoms with Crippen LogP contribution in [0.1, 0.15) is 44.9 Å². The van der Waals surface area contributed by atoms with E-state index >= 15 is 0 Å². The van der Waals surface area contributed by atoms with E-state index in [1.807, 2.05) is 0 Å². The number of carbonyl (C=O) groups is 5. The van der Waals surface area contributed by atoms with E-state index in [1.165, 1.54) is 4.90 Å². The second-order valence-corrected chi connectivity index (χ2v) is 7.19. The normalized spacial score (nSPS) is 17.8. The summed E-state index contributed by atoms with van der Waals surface area (Å²) in [5, 5.41) is 22.8. The number of nitrogens with two attached hydrogens (primary N) is 2. The van der Waals surface area contributed by atoms with E-state index in [0.717, 1.165) is 0 Å². The first kappa shape index (κ1) is 25.3. The second kappa shape index (κ2) is 12.8. The third-order valence-corrected chi connectivity index (χ3v) is 4.86. The summed E-state index contributed by atoms with van der Waals surface area (Å²) in [4.78, 5) is 60.0. The molecule has 1 heterocycles. The number of unbranched alkanes of at least 4 members (excludes halogenated alkanes) is 1. The van der Waals surface area contributed by atoms with Gasteiger partial charge in [-0.05, 0) is 45.1 Å². The molecule has 0 aromatic carbocycles. The molecule has 0 spiro atoms. The van der Waals surface area contributed by atoms with Crippen molar-refractivity contribution in [1.29, 1.82) is 0 Å². The molecular weight excluding hydrogens is 398 g/mol. The van der Waals surface area contributed by atoms with Crippen molar-refractivity contribution in [1.82, 2.24) is 15.5 Å². The quantitative estimate of drug-likeness (QED) is 0.178. The highest BCUT2D eigenvalue weighted by molar-refractivity contribution is 5.92. The van der Waals surface area contributed by atoms with Gasteiger partial charge in [-0.25, -0.2) is 4.79 Å². The van der Waals surface area contributed by atoms with Gasteiger partial charge in [-0.3, -0.25) is 19.2 Å². The summed E-state index contributed by atoms with van der Waals surface area (Å²) in [5.41, 5.74) is 11.1. The Balaban J connectivity index is 2.64. The van der Waals surface area contributed by atoms with Crippen molar-refractivity contribution < 1.29 is 34.2 Å². The zero-order valence-corrected chi connectivity index (χ0v) is 16.8. The van der Waals surface area contributed by atoms with Crippen molar-refractivity contribution in [2.45, 2.75) is 63.1 Å². The van der Waals surface area contributed by atoms with Crippen molar-refractivity contribution in [3.63, 3.8) is 0 Å². The van der Waals surface area contributed by atoms with Crippen LogP contribution in [0.3, 0.4) is 0 Å². The van der Waals surface area contributed by atoms with Crippen molar-refractivity contribution in [3.8, 4) is 0 Å². The zero-order chi connectivity index (χ0) is 22.7. The smallest absolute Gasteiger partial charge is 0.326 e. The molecule has 30 heavy (non-hydrogen) atoms. The van der Waals surface area contributed by atoms with Crippen molar-refractivity contribution >= 4 is 29.7 Å². The highest BCUT2D eigenvalue weighted by Crippen LogP contribution is 2.17. The monoisotopic (exact) mass is 429 g/mol. The Kier molecular flexibility index (Phi) is 10.8. The molecule has 1 fully saturated rings. The van der Waals surface area contributed by atoms with Crippen molar-refractivity contribution in [3.05, 3.63) is 0 Å². The molecule has 0 aliphatic carbocycles. The maximum atomic E-state index is 12.5. The third-order valence-electron chi connectivity index (χ3n) is 4.86. The van der Waals surface area contributed by atoms with Gasteiger partial charge >= 0.3 is 11.9 Å². The first-order chi connectivity index (χ1) is 14.2. The minimum absolute atomic E-state index is 0.0810. The molecule has 3 amide bonds. The van der Waals surface area contributed by atoms with Crippen LogP contribution in [0, 0.1) is 0 Å². The average molecular weight is 429 g/mol. The Morgan fingerprint density at radius 1 is 1.07 bits per heavy atom. The van der Waals surface area contributed by atoms with Gasteiger partial charge in [-0.2, -0.15) is 0 Å². The first-order valence-electron chi connectivity index (χ1n) is 9.95. The van der Waals surface area contributed by atoms with Crippen LogP contribution in [-0.2, 0) is 24.0 Å². The van der Waals surface area contributed by atoms with Crippen LogP contribution in [0.25, 0.3) is 0 Å². The number of rotatable bonds is 13. The van der Waals surface area contributed by atoms with Crippen LogP contribution in [0.4, 0.5) is 0 Å². The van der Waals surface area contributed by atoms with Crippen molar-refractivity contribution in [2.24, 2.45) is 11.5 Å². The number of carbonyl (C=O) groups excluding carboxylic acids is 3. The van der Waals surface area contributed by atoms with E-state index in [0.29, 0.717) is 38.8 Å². The number of hydrogen-bond donors (Lipinski definition) is 6. The molecule has 0 radical (unpaired) electrons. The maximum Gasteiger partial charge on any atom is 0.326 e. The molecule has 1 aliphatic rings. The lowest BCUT2D eigenvalue weighted by molar-refractivity contribution is -0.148. The van der Waals surface area contributed by atoms with Gasteiger partial charge in [0, 0.05) is 13.0 Å². The molecule has 0 bridgehead atoms. The number of aliphatic carboxylic acids is 2. The molecule has 1 rings (SSSR count). The third kappa shape index (κ3) is 8.33. The van der Waals surface area contributed by atoms with Crippen LogP contribution in [-0.4, -0.2) is 82.5 Å². The Morgan fingerprint density at radius 3 is 2.37 bits per heavy atom. The lowest BCUT2D eigenvalue weighted by Gasteiger charge is -2.23. The number of likely N-dealkylation sites (tertiary alicyclic amines) is 1. The van der Waals surface area contributed by atoms with E-state index in [9.17, 15) is 24.0 Å². The van der Waals surface area contributed by atoms with E-state index < -0.39 is 54.3 Å². The van der Waals surface area contributed by atoms with Gasteiger partial charge < -0.3 is 37.2 Å². The first-order valence-corrected chi connectivity index (χ1v) is 9.95. The summed E-state index contributed by atoms with van der Waals surface area (Å²) in [6.45, 7) is 0.322. The lowest BCUT2D eigenvalue weighted by Crippen LogP contribution is -2.53. The number of amides is 3. The van der Waals surface area contributed by atoms with Crippen LogP contribution < -0.4 is 22.1 Å². The van der Waals surface area contributed by atoms with Crippen LogP contribution in [0.2, 0.25) is 0 Å². The fourth-order valence-electron chi connectivity index (χ4n) is 3.16. The van der Waals surface area contributed by atoms with Gasteiger partial charge in [0.2, 0.25) is 17.7 Å². The minimum atomic E-state index is -1.09. The Morgan fingerprint density at radius 2 is 1.77 bits per heavy atom. The van der Waals surface area contributed by atoms with Crippen LogP contribution >= 0.6 is 0 Å². The molecule has 1 saturated heterocycles. The molecule has 170 valence electrons.